The molecule has 0 saturated carbocycles. The number of aryl methyl sites for hydroxylation is 1. The van der Waals surface area contributed by atoms with Crippen molar-refractivity contribution in [3.8, 4) is 0 Å². The summed E-state index contributed by atoms with van der Waals surface area (Å²) in [6, 6.07) is 2.04. The van der Waals surface area contributed by atoms with E-state index in [0.717, 1.165) is 22.2 Å². The number of H-pyrrole nitrogens is 1. The lowest BCUT2D eigenvalue weighted by molar-refractivity contribution is 0.00578. The van der Waals surface area contributed by atoms with E-state index in [2.05, 4.69) is 37.7 Å². The van der Waals surface area contributed by atoms with E-state index in [1.165, 1.54) is 0 Å². The van der Waals surface area contributed by atoms with Crippen LogP contribution in [0.4, 0.5) is 0 Å². The molecule has 0 bridgehead atoms. The molecule has 3 heterocycles. The van der Waals surface area contributed by atoms with Gasteiger partial charge in [-0.05, 0) is 52.3 Å². The van der Waals surface area contributed by atoms with Gasteiger partial charge in [-0.2, -0.15) is 0 Å². The van der Waals surface area contributed by atoms with Crippen LogP contribution >= 0.6 is 0 Å². The van der Waals surface area contributed by atoms with Gasteiger partial charge in [0.25, 0.3) is 0 Å². The number of aromatic nitrogens is 2. The molecule has 1 aliphatic heterocycles. The van der Waals surface area contributed by atoms with Crippen LogP contribution in [0.3, 0.4) is 0 Å². The van der Waals surface area contributed by atoms with Crippen molar-refractivity contribution in [1.82, 2.24) is 9.97 Å². The Morgan fingerprint density at radius 3 is 2.52 bits per heavy atom. The van der Waals surface area contributed by atoms with E-state index in [0.29, 0.717) is 0 Å². The molecule has 1 N–H and O–H groups in total. The highest BCUT2D eigenvalue weighted by Gasteiger charge is 2.50. The Kier molecular flexibility index (Phi) is 3.22. The Hall–Kier alpha value is -1.59. The van der Waals surface area contributed by atoms with Crippen molar-refractivity contribution in [1.29, 1.82) is 0 Å². The van der Waals surface area contributed by atoms with Crippen molar-refractivity contribution in [2.45, 2.75) is 45.8 Å². The molecule has 5 heteroatoms. The zero-order chi connectivity index (χ0) is 15.3. The summed E-state index contributed by atoms with van der Waals surface area (Å²) in [6.07, 6.45) is 5.78. The summed E-state index contributed by atoms with van der Waals surface area (Å²) >= 11 is 0. The quantitative estimate of drug-likeness (QED) is 0.858. The fraction of sp³-hybridized carbons (Fsp3) is 0.438. The van der Waals surface area contributed by atoms with Gasteiger partial charge in [0.1, 0.15) is 0 Å². The highest BCUT2D eigenvalue weighted by Crippen LogP contribution is 2.37. The molecular weight excluding hydrogens is 263 g/mol. The van der Waals surface area contributed by atoms with Gasteiger partial charge in [0, 0.05) is 17.8 Å². The summed E-state index contributed by atoms with van der Waals surface area (Å²) in [6.45, 7) is 10.3. The molecule has 0 radical (unpaired) electrons. The Morgan fingerprint density at radius 2 is 1.86 bits per heavy atom. The third-order valence-corrected chi connectivity index (χ3v) is 4.50. The number of nitrogens with one attached hydrogen (secondary N) is 1. The summed E-state index contributed by atoms with van der Waals surface area (Å²) < 4.78 is 11.9. The number of fused-ring (bicyclic) bond motifs is 1. The largest absolute Gasteiger partial charge is 0.487 e. The van der Waals surface area contributed by atoms with E-state index in [9.17, 15) is 0 Å². The van der Waals surface area contributed by atoms with Gasteiger partial charge < -0.3 is 14.3 Å². The minimum atomic E-state index is -0.341. The predicted octanol–water partition coefficient (Wildman–Crippen LogP) is 3.52. The summed E-state index contributed by atoms with van der Waals surface area (Å²) in [7, 11) is -0.341. The Morgan fingerprint density at radius 1 is 1.19 bits per heavy atom. The average Bonchev–Trinajstić information content (AvgIpc) is 2.93. The van der Waals surface area contributed by atoms with Crippen LogP contribution in [0, 0.1) is 6.92 Å². The van der Waals surface area contributed by atoms with Gasteiger partial charge in [-0.1, -0.05) is 5.98 Å². The third-order valence-electron chi connectivity index (χ3n) is 4.50. The fourth-order valence-electron chi connectivity index (χ4n) is 2.48. The van der Waals surface area contributed by atoms with Crippen molar-refractivity contribution in [2.24, 2.45) is 0 Å². The van der Waals surface area contributed by atoms with Gasteiger partial charge in [0.15, 0.2) is 0 Å². The first-order valence-electron chi connectivity index (χ1n) is 7.27. The minimum absolute atomic E-state index is 0.313. The van der Waals surface area contributed by atoms with Crippen LogP contribution in [-0.4, -0.2) is 28.3 Å². The zero-order valence-electron chi connectivity index (χ0n) is 13.2. The summed E-state index contributed by atoms with van der Waals surface area (Å²) in [4.78, 5) is 7.74. The topological polar surface area (TPSA) is 47.1 Å². The average molecular weight is 284 g/mol. The normalized spacial score (nSPS) is 20.7. The molecule has 0 aromatic carbocycles. The van der Waals surface area contributed by atoms with Crippen LogP contribution in [-0.2, 0) is 9.31 Å². The van der Waals surface area contributed by atoms with Gasteiger partial charge in [-0.15, -0.1) is 0 Å². The van der Waals surface area contributed by atoms with E-state index in [-0.39, 0.29) is 18.3 Å². The molecule has 1 fully saturated rings. The van der Waals surface area contributed by atoms with Crippen molar-refractivity contribution in [3.05, 3.63) is 35.7 Å². The Bertz CT molecular complexity index is 687. The van der Waals surface area contributed by atoms with E-state index in [4.69, 9.17) is 9.31 Å². The number of pyridine rings is 1. The summed E-state index contributed by atoms with van der Waals surface area (Å²) in [5.41, 5.74) is 2.56. The second kappa shape index (κ2) is 4.72. The lowest BCUT2D eigenvalue weighted by Gasteiger charge is -2.32. The van der Waals surface area contributed by atoms with E-state index in [1.807, 2.05) is 37.4 Å². The van der Waals surface area contributed by atoms with Gasteiger partial charge >= 0.3 is 7.12 Å². The maximum absolute atomic E-state index is 5.96. The standard InChI is InChI=1S/C16H21BN2O2/c1-11-10-19-13(12-7-9-18-14(11)12)6-8-17-20-15(2,3)16(4,5)21-17/h6-10,18H,1-5H3/b8-6+. The molecule has 1 aliphatic rings. The summed E-state index contributed by atoms with van der Waals surface area (Å²) in [5.74, 6) is 1.93. The molecule has 0 aliphatic carbocycles. The molecule has 2 aromatic rings. The fourth-order valence-corrected chi connectivity index (χ4v) is 2.48. The van der Waals surface area contributed by atoms with Crippen molar-refractivity contribution in [2.75, 3.05) is 0 Å². The maximum Gasteiger partial charge on any atom is 0.487 e. The summed E-state index contributed by atoms with van der Waals surface area (Å²) in [5, 5.41) is 1.11. The highest BCUT2D eigenvalue weighted by molar-refractivity contribution is 6.52. The SMILES string of the molecule is Cc1cnc(/C=C/B2OC(C)(C)C(C)(C)O2)c2cc[nH]c12. The van der Waals surface area contributed by atoms with Crippen LogP contribution in [0.5, 0.6) is 0 Å². The first kappa shape index (κ1) is 14.4. The van der Waals surface area contributed by atoms with Gasteiger partial charge in [-0.25, -0.2) is 0 Å². The van der Waals surface area contributed by atoms with Gasteiger partial charge in [0.05, 0.1) is 22.4 Å². The van der Waals surface area contributed by atoms with Crippen LogP contribution in [0.2, 0.25) is 0 Å². The molecule has 4 nitrogen and oxygen atoms in total. The predicted molar refractivity (Wildman–Crippen MR) is 85.9 cm³/mol. The van der Waals surface area contributed by atoms with Crippen molar-refractivity contribution < 1.29 is 9.31 Å². The lowest BCUT2D eigenvalue weighted by atomic mass is 9.89. The van der Waals surface area contributed by atoms with Gasteiger partial charge in [0.2, 0.25) is 0 Å². The molecule has 110 valence electrons. The minimum Gasteiger partial charge on any atom is -0.400 e. The molecular formula is C16H21BN2O2. The second-order valence-electron chi connectivity index (χ2n) is 6.58. The first-order valence-corrected chi connectivity index (χ1v) is 7.27. The van der Waals surface area contributed by atoms with Crippen LogP contribution in [0.15, 0.2) is 24.4 Å². The monoisotopic (exact) mass is 284 g/mol. The Balaban J connectivity index is 1.87. The maximum atomic E-state index is 5.96. The second-order valence-corrected chi connectivity index (χ2v) is 6.58. The Labute approximate surface area is 125 Å². The number of aromatic amines is 1. The van der Waals surface area contributed by atoms with Crippen LogP contribution in [0.25, 0.3) is 17.0 Å². The molecule has 0 amide bonds. The molecule has 2 aromatic heterocycles. The lowest BCUT2D eigenvalue weighted by Crippen LogP contribution is -2.41. The van der Waals surface area contributed by atoms with E-state index < -0.39 is 0 Å². The third kappa shape index (κ3) is 2.41. The number of hydrogen-bond acceptors (Lipinski definition) is 3. The number of nitrogens with zero attached hydrogens (tertiary/aromatic N) is 1. The molecule has 0 spiro atoms. The molecule has 0 unspecified atom stereocenters. The van der Waals surface area contributed by atoms with Crippen molar-refractivity contribution in [3.63, 3.8) is 0 Å². The number of rotatable bonds is 2. The zero-order valence-corrected chi connectivity index (χ0v) is 13.2. The van der Waals surface area contributed by atoms with E-state index >= 15 is 0 Å². The molecule has 0 atom stereocenters. The molecule has 21 heavy (non-hydrogen) atoms. The van der Waals surface area contributed by atoms with Crippen molar-refractivity contribution >= 4 is 24.1 Å². The highest BCUT2D eigenvalue weighted by atomic mass is 16.7. The molecule has 1 saturated heterocycles. The van der Waals surface area contributed by atoms with E-state index in [1.54, 1.807) is 0 Å². The number of hydrogen-bond donors (Lipinski definition) is 1. The molecule has 3 rings (SSSR count). The van der Waals surface area contributed by atoms with Crippen LogP contribution < -0.4 is 0 Å². The van der Waals surface area contributed by atoms with Crippen LogP contribution in [0.1, 0.15) is 39.0 Å². The van der Waals surface area contributed by atoms with Gasteiger partial charge in [-0.3, -0.25) is 4.98 Å². The smallest absolute Gasteiger partial charge is 0.400 e. The first-order chi connectivity index (χ1) is 9.80.